The number of carbonyl (C=O) groups excluding carboxylic acids is 1. The molecule has 4 nitrogen and oxygen atoms in total. The van der Waals surface area contributed by atoms with Crippen molar-refractivity contribution < 1.29 is 13.2 Å². The summed E-state index contributed by atoms with van der Waals surface area (Å²) in [5, 5.41) is 0.0967. The molecule has 0 radical (unpaired) electrons. The highest BCUT2D eigenvalue weighted by Crippen LogP contribution is 2.34. The van der Waals surface area contributed by atoms with E-state index in [1.807, 2.05) is 13.8 Å². The number of rotatable bonds is 2. The highest BCUT2D eigenvalue weighted by Gasteiger charge is 2.38. The third-order valence-electron chi connectivity index (χ3n) is 3.60. The van der Waals surface area contributed by atoms with Crippen LogP contribution in [-0.4, -0.2) is 31.3 Å². The fourth-order valence-electron chi connectivity index (χ4n) is 2.53. The number of benzene rings is 1. The first kappa shape index (κ1) is 15.6. The van der Waals surface area contributed by atoms with Gasteiger partial charge in [-0.3, -0.25) is 4.79 Å². The maximum Gasteiger partial charge on any atom is 0.262 e. The van der Waals surface area contributed by atoms with Crippen molar-refractivity contribution in [2.24, 2.45) is 0 Å². The number of nitrogens with zero attached hydrogens (tertiary/aromatic N) is 1. The molecule has 1 heterocycles. The lowest BCUT2D eigenvalue weighted by molar-refractivity contribution is 0.0648. The van der Waals surface area contributed by atoms with Gasteiger partial charge in [0.1, 0.15) is 0 Å². The lowest BCUT2D eigenvalue weighted by atomic mass is 10.0. The monoisotopic (exact) mass is 335 g/mol. The van der Waals surface area contributed by atoms with Gasteiger partial charge in [-0.05, 0) is 38.8 Å². The van der Waals surface area contributed by atoms with E-state index >= 15 is 0 Å². The van der Waals surface area contributed by atoms with E-state index in [4.69, 9.17) is 22.3 Å². The molecule has 0 aliphatic carbocycles. The molecule has 0 bridgehead atoms. The molecule has 7 heteroatoms. The second-order valence-electron chi connectivity index (χ2n) is 5.42. The van der Waals surface area contributed by atoms with Gasteiger partial charge in [0.2, 0.25) is 0 Å². The smallest absolute Gasteiger partial charge is 0.262 e. The molecule has 110 valence electrons. The SMILES string of the molecule is CC1(C)CCCN1C(=O)c1c(Cl)cccc1S(=O)(=O)Cl. The van der Waals surface area contributed by atoms with Crippen LogP contribution in [0.1, 0.15) is 37.0 Å². The lowest BCUT2D eigenvalue weighted by Crippen LogP contribution is -2.43. The van der Waals surface area contributed by atoms with Gasteiger partial charge >= 0.3 is 0 Å². The number of carbonyl (C=O) groups is 1. The summed E-state index contributed by atoms with van der Waals surface area (Å²) in [5.41, 5.74) is -0.358. The van der Waals surface area contributed by atoms with Crippen molar-refractivity contribution in [3.05, 3.63) is 28.8 Å². The highest BCUT2D eigenvalue weighted by molar-refractivity contribution is 8.13. The lowest BCUT2D eigenvalue weighted by Gasteiger charge is -2.32. The predicted octanol–water partition coefficient (Wildman–Crippen LogP) is 3.28. The first-order valence-electron chi connectivity index (χ1n) is 6.20. The van der Waals surface area contributed by atoms with Crippen LogP contribution in [0.5, 0.6) is 0 Å². The van der Waals surface area contributed by atoms with Crippen molar-refractivity contribution in [2.75, 3.05) is 6.54 Å². The quantitative estimate of drug-likeness (QED) is 0.779. The summed E-state index contributed by atoms with van der Waals surface area (Å²) in [4.78, 5) is 14.1. The molecule has 1 saturated heterocycles. The second kappa shape index (κ2) is 5.20. The van der Waals surface area contributed by atoms with Crippen LogP contribution < -0.4 is 0 Å². The van der Waals surface area contributed by atoms with Crippen LogP contribution in [0, 0.1) is 0 Å². The van der Waals surface area contributed by atoms with Gasteiger partial charge in [-0.2, -0.15) is 0 Å². The highest BCUT2D eigenvalue weighted by atomic mass is 35.7. The molecule has 0 N–H and O–H groups in total. The minimum absolute atomic E-state index is 0.0425. The minimum atomic E-state index is -4.03. The van der Waals surface area contributed by atoms with Crippen molar-refractivity contribution >= 4 is 37.2 Å². The molecule has 0 unspecified atom stereocenters. The van der Waals surface area contributed by atoms with E-state index < -0.39 is 15.0 Å². The van der Waals surface area contributed by atoms with E-state index in [-0.39, 0.29) is 21.0 Å². The second-order valence-corrected chi connectivity index (χ2v) is 8.37. The van der Waals surface area contributed by atoms with Gasteiger partial charge in [0, 0.05) is 22.8 Å². The molecule has 0 aromatic heterocycles. The Morgan fingerprint density at radius 1 is 1.35 bits per heavy atom. The summed E-state index contributed by atoms with van der Waals surface area (Å²) in [6, 6.07) is 4.25. The Hall–Kier alpha value is -0.780. The van der Waals surface area contributed by atoms with Crippen LogP contribution in [-0.2, 0) is 9.05 Å². The number of halogens is 2. The van der Waals surface area contributed by atoms with Gasteiger partial charge in [0.25, 0.3) is 15.0 Å². The number of hydrogen-bond donors (Lipinski definition) is 0. The Kier molecular flexibility index (Phi) is 4.06. The van der Waals surface area contributed by atoms with E-state index in [2.05, 4.69) is 0 Å². The topological polar surface area (TPSA) is 54.5 Å². The van der Waals surface area contributed by atoms with E-state index in [1.54, 1.807) is 4.90 Å². The van der Waals surface area contributed by atoms with Crippen LogP contribution in [0.3, 0.4) is 0 Å². The first-order valence-corrected chi connectivity index (χ1v) is 8.88. The molecule has 1 amide bonds. The van der Waals surface area contributed by atoms with Gasteiger partial charge in [0.15, 0.2) is 0 Å². The van der Waals surface area contributed by atoms with Gasteiger partial charge < -0.3 is 4.90 Å². The van der Waals surface area contributed by atoms with E-state index in [0.717, 1.165) is 12.8 Å². The van der Waals surface area contributed by atoms with Crippen molar-refractivity contribution in [1.29, 1.82) is 0 Å². The summed E-state index contributed by atoms with van der Waals surface area (Å²) in [6.45, 7) is 4.48. The van der Waals surface area contributed by atoms with Gasteiger partial charge in [-0.15, -0.1) is 0 Å². The molecular formula is C13H15Cl2NO3S. The third-order valence-corrected chi connectivity index (χ3v) is 5.28. The van der Waals surface area contributed by atoms with Crippen LogP contribution in [0.25, 0.3) is 0 Å². The molecule has 2 rings (SSSR count). The summed E-state index contributed by atoms with van der Waals surface area (Å²) in [6.07, 6.45) is 1.75. The third kappa shape index (κ3) is 2.80. The molecule has 20 heavy (non-hydrogen) atoms. The summed E-state index contributed by atoms with van der Waals surface area (Å²) in [5.74, 6) is -0.391. The van der Waals surface area contributed by atoms with Gasteiger partial charge in [-0.25, -0.2) is 8.42 Å². The van der Waals surface area contributed by atoms with Crippen molar-refractivity contribution in [2.45, 2.75) is 37.1 Å². The molecule has 0 atom stereocenters. The van der Waals surface area contributed by atoms with E-state index in [1.165, 1.54) is 18.2 Å². The first-order chi connectivity index (χ1) is 9.14. The molecule has 1 aromatic rings. The Labute approximate surface area is 128 Å². The fraction of sp³-hybridized carbons (Fsp3) is 0.462. The normalized spacial score (nSPS) is 18.3. The largest absolute Gasteiger partial charge is 0.333 e. The molecule has 1 fully saturated rings. The van der Waals surface area contributed by atoms with Crippen LogP contribution in [0.15, 0.2) is 23.1 Å². The Morgan fingerprint density at radius 3 is 2.50 bits per heavy atom. The minimum Gasteiger partial charge on any atom is -0.333 e. The molecule has 0 spiro atoms. The molecule has 0 saturated carbocycles. The van der Waals surface area contributed by atoms with Crippen LogP contribution >= 0.6 is 22.3 Å². The van der Waals surface area contributed by atoms with Crippen molar-refractivity contribution in [3.63, 3.8) is 0 Å². The maximum absolute atomic E-state index is 12.7. The number of amides is 1. The average molecular weight is 336 g/mol. The molecular weight excluding hydrogens is 321 g/mol. The Morgan fingerprint density at radius 2 is 2.00 bits per heavy atom. The predicted molar refractivity (Wildman–Crippen MR) is 78.8 cm³/mol. The van der Waals surface area contributed by atoms with Gasteiger partial charge in [0.05, 0.1) is 15.5 Å². The zero-order valence-corrected chi connectivity index (χ0v) is 13.5. The standard InChI is InChI=1S/C13H15Cl2NO3S/c1-13(2)7-4-8-16(13)12(17)11-9(14)5-3-6-10(11)20(15,18)19/h3,5-6H,4,7-8H2,1-2H3. The zero-order valence-electron chi connectivity index (χ0n) is 11.2. The Balaban J connectivity index is 2.56. The van der Waals surface area contributed by atoms with Crippen molar-refractivity contribution in [3.8, 4) is 0 Å². The number of likely N-dealkylation sites (tertiary alicyclic amines) is 1. The van der Waals surface area contributed by atoms with Crippen LogP contribution in [0.2, 0.25) is 5.02 Å². The maximum atomic E-state index is 12.7. The average Bonchev–Trinajstić information content (AvgIpc) is 2.66. The van der Waals surface area contributed by atoms with E-state index in [0.29, 0.717) is 6.54 Å². The summed E-state index contributed by atoms with van der Waals surface area (Å²) in [7, 11) is 1.37. The van der Waals surface area contributed by atoms with E-state index in [9.17, 15) is 13.2 Å². The summed E-state index contributed by atoms with van der Waals surface area (Å²) < 4.78 is 23.2. The zero-order chi connectivity index (χ0) is 15.1. The van der Waals surface area contributed by atoms with Crippen molar-refractivity contribution in [1.82, 2.24) is 4.90 Å². The fourth-order valence-corrected chi connectivity index (χ4v) is 3.91. The van der Waals surface area contributed by atoms with Gasteiger partial charge in [-0.1, -0.05) is 17.7 Å². The number of hydrogen-bond acceptors (Lipinski definition) is 3. The Bertz CT molecular complexity index is 656. The molecule has 1 aliphatic rings. The summed E-state index contributed by atoms with van der Waals surface area (Å²) >= 11 is 6.03. The molecule has 1 aromatic carbocycles. The molecule has 1 aliphatic heterocycles. The van der Waals surface area contributed by atoms with Crippen LogP contribution in [0.4, 0.5) is 0 Å².